The zero-order valence-electron chi connectivity index (χ0n) is 9.18. The van der Waals surface area contributed by atoms with Gasteiger partial charge in [-0.2, -0.15) is 0 Å². The minimum atomic E-state index is 0.780. The van der Waals surface area contributed by atoms with Gasteiger partial charge in [0.05, 0.1) is 0 Å². The lowest BCUT2D eigenvalue weighted by Crippen LogP contribution is -2.41. The Morgan fingerprint density at radius 1 is 1.23 bits per heavy atom. The average molecular weight is 184 g/mol. The van der Waals surface area contributed by atoms with Crippen LogP contribution in [0.3, 0.4) is 0 Å². The van der Waals surface area contributed by atoms with E-state index in [1.54, 1.807) is 0 Å². The minimum Gasteiger partial charge on any atom is -0.317 e. The SMILES string of the molecule is CCCCCN1CCC(NC)CC1. The van der Waals surface area contributed by atoms with Crippen LogP contribution >= 0.6 is 0 Å². The van der Waals surface area contributed by atoms with E-state index in [0.29, 0.717) is 0 Å². The van der Waals surface area contributed by atoms with Crippen molar-refractivity contribution in [3.05, 3.63) is 0 Å². The van der Waals surface area contributed by atoms with E-state index in [1.807, 2.05) is 0 Å². The molecule has 0 amide bonds. The molecule has 0 aliphatic carbocycles. The van der Waals surface area contributed by atoms with Crippen molar-refractivity contribution in [2.75, 3.05) is 26.7 Å². The van der Waals surface area contributed by atoms with Crippen LogP contribution in [0.2, 0.25) is 0 Å². The van der Waals surface area contributed by atoms with E-state index in [1.165, 1.54) is 51.7 Å². The molecule has 1 saturated heterocycles. The highest BCUT2D eigenvalue weighted by atomic mass is 15.1. The van der Waals surface area contributed by atoms with Crippen molar-refractivity contribution in [2.45, 2.75) is 45.1 Å². The van der Waals surface area contributed by atoms with Gasteiger partial charge in [0.15, 0.2) is 0 Å². The van der Waals surface area contributed by atoms with Crippen LogP contribution in [0.1, 0.15) is 39.0 Å². The van der Waals surface area contributed by atoms with E-state index >= 15 is 0 Å². The molecule has 1 heterocycles. The predicted octanol–water partition coefficient (Wildman–Crippen LogP) is 1.86. The van der Waals surface area contributed by atoms with Gasteiger partial charge in [-0.25, -0.2) is 0 Å². The van der Waals surface area contributed by atoms with E-state index in [0.717, 1.165) is 6.04 Å². The fourth-order valence-corrected chi connectivity index (χ4v) is 2.03. The standard InChI is InChI=1S/C11H24N2/c1-3-4-5-8-13-9-6-11(12-2)7-10-13/h11-12H,3-10H2,1-2H3. The number of hydrogen-bond donors (Lipinski definition) is 1. The molecule has 13 heavy (non-hydrogen) atoms. The smallest absolute Gasteiger partial charge is 0.00884 e. The molecule has 0 aromatic carbocycles. The number of piperidine rings is 1. The summed E-state index contributed by atoms with van der Waals surface area (Å²) in [6.07, 6.45) is 6.80. The van der Waals surface area contributed by atoms with Crippen LogP contribution in [-0.4, -0.2) is 37.6 Å². The number of likely N-dealkylation sites (tertiary alicyclic amines) is 1. The predicted molar refractivity (Wildman–Crippen MR) is 58.0 cm³/mol. The van der Waals surface area contributed by atoms with Crippen LogP contribution in [0.5, 0.6) is 0 Å². The Bertz CT molecular complexity index is 115. The lowest BCUT2D eigenvalue weighted by molar-refractivity contribution is 0.198. The highest BCUT2D eigenvalue weighted by Crippen LogP contribution is 2.10. The second-order valence-electron chi connectivity index (χ2n) is 4.11. The zero-order valence-corrected chi connectivity index (χ0v) is 9.18. The van der Waals surface area contributed by atoms with Crippen LogP contribution in [0.25, 0.3) is 0 Å². The summed E-state index contributed by atoms with van der Waals surface area (Å²) in [6, 6.07) is 0.780. The Morgan fingerprint density at radius 2 is 1.92 bits per heavy atom. The maximum Gasteiger partial charge on any atom is 0.00884 e. The molecule has 0 spiro atoms. The lowest BCUT2D eigenvalue weighted by Gasteiger charge is -2.31. The highest BCUT2D eigenvalue weighted by Gasteiger charge is 2.16. The Morgan fingerprint density at radius 3 is 2.46 bits per heavy atom. The normalized spacial score (nSPS) is 20.8. The van der Waals surface area contributed by atoms with E-state index < -0.39 is 0 Å². The highest BCUT2D eigenvalue weighted by molar-refractivity contribution is 4.75. The van der Waals surface area contributed by atoms with Gasteiger partial charge in [-0.1, -0.05) is 19.8 Å². The van der Waals surface area contributed by atoms with Gasteiger partial charge in [0.2, 0.25) is 0 Å². The van der Waals surface area contributed by atoms with E-state index in [2.05, 4.69) is 24.2 Å². The summed E-state index contributed by atoms with van der Waals surface area (Å²) in [5.74, 6) is 0. The topological polar surface area (TPSA) is 15.3 Å². The summed E-state index contributed by atoms with van der Waals surface area (Å²) in [4.78, 5) is 2.61. The minimum absolute atomic E-state index is 0.780. The summed E-state index contributed by atoms with van der Waals surface area (Å²) < 4.78 is 0. The van der Waals surface area contributed by atoms with Crippen LogP contribution in [0, 0.1) is 0 Å². The van der Waals surface area contributed by atoms with Gasteiger partial charge in [0.1, 0.15) is 0 Å². The number of hydrogen-bond acceptors (Lipinski definition) is 2. The molecule has 78 valence electrons. The number of rotatable bonds is 5. The first-order valence-corrected chi connectivity index (χ1v) is 5.76. The fourth-order valence-electron chi connectivity index (χ4n) is 2.03. The van der Waals surface area contributed by atoms with E-state index in [9.17, 15) is 0 Å². The molecular formula is C11H24N2. The van der Waals surface area contributed by atoms with Crippen LogP contribution in [0.4, 0.5) is 0 Å². The Hall–Kier alpha value is -0.0800. The van der Waals surface area contributed by atoms with Gasteiger partial charge >= 0.3 is 0 Å². The van der Waals surface area contributed by atoms with Gasteiger partial charge in [-0.05, 0) is 45.9 Å². The van der Waals surface area contributed by atoms with E-state index in [4.69, 9.17) is 0 Å². The molecule has 0 radical (unpaired) electrons. The second kappa shape index (κ2) is 6.39. The number of nitrogens with one attached hydrogen (secondary N) is 1. The summed E-state index contributed by atoms with van der Waals surface area (Å²) >= 11 is 0. The van der Waals surface area contributed by atoms with Gasteiger partial charge in [-0.3, -0.25) is 0 Å². The largest absolute Gasteiger partial charge is 0.317 e. The lowest BCUT2D eigenvalue weighted by atomic mass is 10.1. The summed E-state index contributed by atoms with van der Waals surface area (Å²) in [5.41, 5.74) is 0. The monoisotopic (exact) mass is 184 g/mol. The Labute approximate surface area is 82.7 Å². The molecule has 1 fully saturated rings. The molecule has 1 aliphatic heterocycles. The maximum absolute atomic E-state index is 3.37. The third-order valence-corrected chi connectivity index (χ3v) is 3.07. The molecule has 0 unspecified atom stereocenters. The Balaban J connectivity index is 2.03. The molecule has 1 N–H and O–H groups in total. The van der Waals surface area contributed by atoms with Crippen molar-refractivity contribution in [1.82, 2.24) is 10.2 Å². The van der Waals surface area contributed by atoms with Crippen molar-refractivity contribution < 1.29 is 0 Å². The first-order valence-electron chi connectivity index (χ1n) is 5.76. The third-order valence-electron chi connectivity index (χ3n) is 3.07. The molecule has 0 bridgehead atoms. The summed E-state index contributed by atoms with van der Waals surface area (Å²) in [6.45, 7) is 6.20. The quantitative estimate of drug-likeness (QED) is 0.656. The van der Waals surface area contributed by atoms with Crippen molar-refractivity contribution in [2.24, 2.45) is 0 Å². The number of unbranched alkanes of at least 4 members (excludes halogenated alkanes) is 2. The van der Waals surface area contributed by atoms with E-state index in [-0.39, 0.29) is 0 Å². The van der Waals surface area contributed by atoms with Crippen molar-refractivity contribution >= 4 is 0 Å². The average Bonchev–Trinajstić information content (AvgIpc) is 2.19. The van der Waals surface area contributed by atoms with Crippen molar-refractivity contribution in [1.29, 1.82) is 0 Å². The third kappa shape index (κ3) is 4.10. The molecule has 0 aromatic rings. The molecule has 1 rings (SSSR count). The summed E-state index contributed by atoms with van der Waals surface area (Å²) in [7, 11) is 2.08. The first kappa shape index (κ1) is 11.0. The molecule has 0 aromatic heterocycles. The molecule has 2 nitrogen and oxygen atoms in total. The maximum atomic E-state index is 3.37. The van der Waals surface area contributed by atoms with Gasteiger partial charge in [0, 0.05) is 6.04 Å². The molecular weight excluding hydrogens is 160 g/mol. The number of nitrogens with zero attached hydrogens (tertiary/aromatic N) is 1. The summed E-state index contributed by atoms with van der Waals surface area (Å²) in [5, 5.41) is 3.37. The van der Waals surface area contributed by atoms with Gasteiger partial charge in [-0.15, -0.1) is 0 Å². The molecule has 0 atom stereocenters. The fraction of sp³-hybridized carbons (Fsp3) is 1.00. The second-order valence-corrected chi connectivity index (χ2v) is 4.11. The molecule has 2 heteroatoms. The van der Waals surface area contributed by atoms with Gasteiger partial charge in [0.25, 0.3) is 0 Å². The van der Waals surface area contributed by atoms with Crippen LogP contribution < -0.4 is 5.32 Å². The first-order chi connectivity index (χ1) is 6.36. The van der Waals surface area contributed by atoms with Crippen molar-refractivity contribution in [3.8, 4) is 0 Å². The Kier molecular flexibility index (Phi) is 5.40. The van der Waals surface area contributed by atoms with Crippen LogP contribution in [0.15, 0.2) is 0 Å². The molecule has 0 saturated carbocycles. The van der Waals surface area contributed by atoms with Crippen LogP contribution in [-0.2, 0) is 0 Å². The van der Waals surface area contributed by atoms with Gasteiger partial charge < -0.3 is 10.2 Å². The molecule has 1 aliphatic rings. The zero-order chi connectivity index (χ0) is 9.52. The van der Waals surface area contributed by atoms with Crippen molar-refractivity contribution in [3.63, 3.8) is 0 Å².